The van der Waals surface area contributed by atoms with Crippen molar-refractivity contribution in [1.82, 2.24) is 0 Å². The van der Waals surface area contributed by atoms with Gasteiger partial charge in [-0.05, 0) is 0 Å². The molecule has 0 aromatic rings. The first-order chi connectivity index (χ1) is 3.68. The first-order valence-electron chi connectivity index (χ1n) is 3.68. The fraction of sp³-hybridized carbons (Fsp3) is 1.00. The second-order valence-corrected chi connectivity index (χ2v) is 17.0. The molecule has 0 N–H and O–H groups in total. The first-order valence-corrected chi connectivity index (χ1v) is 11.4. The maximum atomic E-state index is 2.56. The molecule has 0 fully saturated rings. The summed E-state index contributed by atoms with van der Waals surface area (Å²) in [6.45, 7) is 7.09. The zero-order valence-electron chi connectivity index (χ0n) is 6.62. The molecule has 0 spiro atoms. The van der Waals surface area contributed by atoms with Crippen molar-refractivity contribution in [3.63, 3.8) is 0 Å². The molecular weight excluding hydrogens is 175 g/mol. The van der Waals surface area contributed by atoms with E-state index in [-0.39, 0.29) is 0 Å². The zero-order valence-corrected chi connectivity index (χ0v) is 9.08. The predicted octanol–water partition coefficient (Wildman–Crippen LogP) is 3.50. The van der Waals surface area contributed by atoms with Crippen molar-refractivity contribution < 1.29 is 20.3 Å². The van der Waals surface area contributed by atoms with Gasteiger partial charge in [0.25, 0.3) is 0 Å². The topological polar surface area (TPSA) is 0 Å². The molecular formula is C7H18Zr. The number of hydrogen-bond acceptors (Lipinski definition) is 0. The van der Waals surface area contributed by atoms with Crippen LogP contribution in [0.25, 0.3) is 0 Å². The molecule has 0 aliphatic carbocycles. The van der Waals surface area contributed by atoms with Gasteiger partial charge in [0.05, 0.1) is 0 Å². The van der Waals surface area contributed by atoms with Gasteiger partial charge in [-0.2, -0.15) is 0 Å². The first kappa shape index (κ1) is 8.88. The van der Waals surface area contributed by atoms with Crippen LogP contribution in [-0.4, -0.2) is 0 Å². The summed E-state index contributed by atoms with van der Waals surface area (Å²) >= 11 is -1.34. The van der Waals surface area contributed by atoms with Crippen LogP contribution in [0.4, 0.5) is 0 Å². The van der Waals surface area contributed by atoms with Crippen LogP contribution in [0, 0.1) is 0 Å². The van der Waals surface area contributed by atoms with Gasteiger partial charge in [-0.1, -0.05) is 0 Å². The Morgan fingerprint density at radius 1 is 0.875 bits per heavy atom. The van der Waals surface area contributed by atoms with Gasteiger partial charge in [-0.25, -0.2) is 0 Å². The van der Waals surface area contributed by atoms with Gasteiger partial charge in [0.15, 0.2) is 0 Å². The van der Waals surface area contributed by atoms with Crippen molar-refractivity contribution in [2.75, 3.05) is 0 Å². The van der Waals surface area contributed by atoms with Gasteiger partial charge in [0.1, 0.15) is 0 Å². The standard InChI is InChI=1S/3C2H5.CH3.Zr/c3*1-2;;/h3*1H2,2H3;1H3;. The number of rotatable bonds is 3. The van der Waals surface area contributed by atoms with E-state index in [9.17, 15) is 0 Å². The van der Waals surface area contributed by atoms with Crippen LogP contribution in [0.15, 0.2) is 0 Å². The molecule has 0 saturated carbocycles. The fourth-order valence-electron chi connectivity index (χ4n) is 0.750. The molecule has 0 bridgehead atoms. The quantitative estimate of drug-likeness (QED) is 0.643. The molecule has 0 nitrogen and oxygen atoms in total. The molecule has 0 atom stereocenters. The Morgan fingerprint density at radius 3 is 1.12 bits per heavy atom. The van der Waals surface area contributed by atoms with Crippen LogP contribution < -0.4 is 0 Å². The van der Waals surface area contributed by atoms with E-state index in [2.05, 4.69) is 25.4 Å². The van der Waals surface area contributed by atoms with Crippen LogP contribution >= 0.6 is 0 Å². The average molecular weight is 193 g/mol. The molecule has 0 rings (SSSR count). The molecule has 0 aromatic heterocycles. The van der Waals surface area contributed by atoms with Crippen molar-refractivity contribution in [2.24, 2.45) is 0 Å². The fourth-order valence-corrected chi connectivity index (χ4v) is 4.44. The van der Waals surface area contributed by atoms with Crippen LogP contribution in [0.3, 0.4) is 0 Å². The maximum absolute atomic E-state index is 2.56. The summed E-state index contributed by atoms with van der Waals surface area (Å²) in [6, 6.07) is 0. The summed E-state index contributed by atoms with van der Waals surface area (Å²) in [7, 11) is 0. The van der Waals surface area contributed by atoms with Gasteiger partial charge in [-0.15, -0.1) is 0 Å². The van der Waals surface area contributed by atoms with E-state index in [1.54, 1.807) is 0 Å². The van der Waals surface area contributed by atoms with Crippen molar-refractivity contribution in [2.45, 2.75) is 37.8 Å². The second-order valence-electron chi connectivity index (χ2n) is 2.87. The van der Waals surface area contributed by atoms with E-state index in [0.29, 0.717) is 0 Å². The molecule has 0 aliphatic heterocycles. The van der Waals surface area contributed by atoms with Crippen molar-refractivity contribution in [3.05, 3.63) is 0 Å². The minimum absolute atomic E-state index is 1.34. The van der Waals surface area contributed by atoms with Gasteiger partial charge in [-0.3, -0.25) is 0 Å². The molecule has 0 radical (unpaired) electrons. The van der Waals surface area contributed by atoms with Crippen LogP contribution in [0.1, 0.15) is 20.8 Å². The van der Waals surface area contributed by atoms with Gasteiger partial charge in [0.2, 0.25) is 0 Å². The summed E-state index contributed by atoms with van der Waals surface area (Å²) in [5, 5.41) is 0. The summed E-state index contributed by atoms with van der Waals surface area (Å²) in [4.78, 5) is 0. The molecule has 0 saturated heterocycles. The Morgan fingerprint density at radius 2 is 1.12 bits per heavy atom. The molecule has 0 aliphatic rings. The molecule has 0 unspecified atom stereocenters. The third-order valence-electron chi connectivity index (χ3n) is 2.56. The van der Waals surface area contributed by atoms with E-state index in [1.165, 1.54) is 12.4 Å². The van der Waals surface area contributed by atoms with Gasteiger partial charge >= 0.3 is 58.1 Å². The van der Waals surface area contributed by atoms with E-state index in [4.69, 9.17) is 0 Å². The van der Waals surface area contributed by atoms with E-state index in [0.717, 1.165) is 0 Å². The van der Waals surface area contributed by atoms with Crippen LogP contribution in [-0.2, 0) is 20.3 Å². The Bertz CT molecular complexity index is 47.1. The Labute approximate surface area is 58.1 Å². The summed E-state index contributed by atoms with van der Waals surface area (Å²) < 4.78 is 7.15. The molecule has 50 valence electrons. The summed E-state index contributed by atoms with van der Waals surface area (Å²) in [6.07, 6.45) is 0. The third-order valence-corrected chi connectivity index (χ3v) is 15.1. The monoisotopic (exact) mass is 192 g/mol. The molecule has 0 aromatic carbocycles. The van der Waals surface area contributed by atoms with Gasteiger partial charge < -0.3 is 0 Å². The minimum atomic E-state index is -1.34. The number of hydrogen-bond donors (Lipinski definition) is 0. The summed E-state index contributed by atoms with van der Waals surface area (Å²) in [5.74, 6) is 0. The predicted molar refractivity (Wildman–Crippen MR) is 37.3 cm³/mol. The second kappa shape index (κ2) is 3.82. The molecule has 1 heteroatoms. The Balaban J connectivity index is 3.58. The van der Waals surface area contributed by atoms with E-state index >= 15 is 0 Å². The molecule has 0 heterocycles. The molecule has 0 amide bonds. The van der Waals surface area contributed by atoms with Crippen molar-refractivity contribution in [1.29, 1.82) is 0 Å². The normalized spacial score (nSPS) is 12.0. The Kier molecular flexibility index (Phi) is 4.25. The zero-order chi connectivity index (χ0) is 6.62. The van der Waals surface area contributed by atoms with E-state index < -0.39 is 20.3 Å². The SMILES string of the molecule is C[CH2][Zr]([CH3])([CH2]C)[CH2]C. The van der Waals surface area contributed by atoms with Crippen LogP contribution in [0.5, 0.6) is 0 Å². The third kappa shape index (κ3) is 2.44. The Hall–Kier alpha value is 0.883. The van der Waals surface area contributed by atoms with Gasteiger partial charge in [0, 0.05) is 0 Å². The van der Waals surface area contributed by atoms with Crippen molar-refractivity contribution >= 4 is 0 Å². The summed E-state index contributed by atoms with van der Waals surface area (Å²) in [5.41, 5.74) is 0. The molecule has 8 heavy (non-hydrogen) atoms. The van der Waals surface area contributed by atoms with E-state index in [1.807, 2.05) is 0 Å². The van der Waals surface area contributed by atoms with Crippen molar-refractivity contribution in [3.8, 4) is 0 Å². The average Bonchev–Trinajstić information content (AvgIpc) is 1.87. The van der Waals surface area contributed by atoms with Crippen LogP contribution in [0.2, 0.25) is 17.0 Å².